The molecule has 0 saturated carbocycles. The quantitative estimate of drug-likeness (QED) is 0.537. The number of amides is 2. The first-order chi connectivity index (χ1) is 12.0. The van der Waals surface area contributed by atoms with E-state index in [0.29, 0.717) is 25.2 Å². The van der Waals surface area contributed by atoms with Crippen LogP contribution in [0.25, 0.3) is 0 Å². The van der Waals surface area contributed by atoms with Crippen LogP contribution in [0, 0.1) is 0 Å². The number of urea groups is 1. The zero-order valence-electron chi connectivity index (χ0n) is 13.1. The predicted molar refractivity (Wildman–Crippen MR) is 85.6 cm³/mol. The van der Waals surface area contributed by atoms with Gasteiger partial charge in [-0.3, -0.25) is 0 Å². The van der Waals surface area contributed by atoms with Gasteiger partial charge in [0, 0.05) is 31.9 Å². The van der Waals surface area contributed by atoms with Gasteiger partial charge in [-0.2, -0.15) is 26.3 Å². The summed E-state index contributed by atoms with van der Waals surface area (Å²) >= 11 is 4.88. The monoisotopic (exact) mass is 400 g/mol. The molecule has 2 amide bonds. The first-order valence-electron chi connectivity index (χ1n) is 7.34. The molecule has 26 heavy (non-hydrogen) atoms. The lowest BCUT2D eigenvalue weighted by Crippen LogP contribution is -2.38. The molecule has 0 unspecified atom stereocenters. The Hall–Kier alpha value is -2.24. The zero-order valence-corrected chi connectivity index (χ0v) is 13.9. The van der Waals surface area contributed by atoms with Crippen molar-refractivity contribution in [3.05, 3.63) is 29.3 Å². The van der Waals surface area contributed by atoms with Gasteiger partial charge in [0.15, 0.2) is 5.11 Å². The Bertz CT molecular complexity index is 659. The summed E-state index contributed by atoms with van der Waals surface area (Å²) < 4.78 is 76.8. The molecular formula is C14H14F6N4OS. The van der Waals surface area contributed by atoms with Gasteiger partial charge in [-0.25, -0.2) is 4.79 Å². The highest BCUT2D eigenvalue weighted by Crippen LogP contribution is 2.37. The SMILES string of the molecule is O=C1NCCN1CCNC(=S)Nc1cc(C(F)(F)F)cc(C(F)(F)F)c1. The van der Waals surface area contributed by atoms with E-state index in [9.17, 15) is 31.1 Å². The lowest BCUT2D eigenvalue weighted by atomic mass is 10.1. The molecular weight excluding hydrogens is 386 g/mol. The number of carbonyl (C=O) groups excluding carboxylic acids is 1. The Morgan fingerprint density at radius 1 is 1.12 bits per heavy atom. The molecule has 3 N–H and O–H groups in total. The van der Waals surface area contributed by atoms with E-state index in [1.807, 2.05) is 0 Å². The van der Waals surface area contributed by atoms with Crippen LogP contribution in [0.4, 0.5) is 36.8 Å². The van der Waals surface area contributed by atoms with Gasteiger partial charge in [-0.05, 0) is 30.4 Å². The number of thiocarbonyl (C=S) groups is 1. The Labute approximate surface area is 149 Å². The minimum atomic E-state index is -4.93. The molecule has 1 heterocycles. The first kappa shape index (κ1) is 20.1. The number of alkyl halides is 6. The van der Waals surface area contributed by atoms with E-state index in [-0.39, 0.29) is 30.3 Å². The number of anilines is 1. The van der Waals surface area contributed by atoms with Crippen molar-refractivity contribution in [2.75, 3.05) is 31.5 Å². The van der Waals surface area contributed by atoms with Crippen molar-refractivity contribution in [3.8, 4) is 0 Å². The highest BCUT2D eigenvalue weighted by molar-refractivity contribution is 7.80. The lowest BCUT2D eigenvalue weighted by Gasteiger charge is -2.17. The number of carbonyl (C=O) groups is 1. The topological polar surface area (TPSA) is 56.4 Å². The molecule has 0 atom stereocenters. The molecule has 5 nitrogen and oxygen atoms in total. The average molecular weight is 400 g/mol. The van der Waals surface area contributed by atoms with E-state index in [1.165, 1.54) is 4.90 Å². The van der Waals surface area contributed by atoms with Gasteiger partial charge in [-0.15, -0.1) is 0 Å². The normalized spacial score (nSPS) is 15.0. The zero-order chi connectivity index (χ0) is 19.5. The summed E-state index contributed by atoms with van der Waals surface area (Å²) in [5, 5.41) is 7.37. The fraction of sp³-hybridized carbons (Fsp3) is 0.429. The van der Waals surface area contributed by atoms with E-state index in [2.05, 4.69) is 16.0 Å². The molecule has 0 spiro atoms. The summed E-state index contributed by atoms with van der Waals surface area (Å²) in [7, 11) is 0. The van der Waals surface area contributed by atoms with Gasteiger partial charge in [-0.1, -0.05) is 0 Å². The molecule has 0 bridgehead atoms. The van der Waals surface area contributed by atoms with Gasteiger partial charge in [0.05, 0.1) is 11.1 Å². The summed E-state index contributed by atoms with van der Waals surface area (Å²) in [5.41, 5.74) is -3.32. The van der Waals surface area contributed by atoms with Gasteiger partial charge in [0.1, 0.15) is 0 Å². The molecule has 1 aromatic carbocycles. The molecule has 1 aliphatic heterocycles. The van der Waals surface area contributed by atoms with Crippen LogP contribution >= 0.6 is 12.2 Å². The van der Waals surface area contributed by atoms with Gasteiger partial charge in [0.2, 0.25) is 0 Å². The molecule has 0 aromatic heterocycles. The summed E-state index contributed by atoms with van der Waals surface area (Å²) in [6.07, 6.45) is -9.87. The number of nitrogens with zero attached hydrogens (tertiary/aromatic N) is 1. The fourth-order valence-corrected chi connectivity index (χ4v) is 2.45. The fourth-order valence-electron chi connectivity index (χ4n) is 2.23. The van der Waals surface area contributed by atoms with Crippen LogP contribution in [0.1, 0.15) is 11.1 Å². The van der Waals surface area contributed by atoms with Crippen molar-refractivity contribution in [2.45, 2.75) is 12.4 Å². The largest absolute Gasteiger partial charge is 0.416 e. The van der Waals surface area contributed by atoms with E-state index in [4.69, 9.17) is 12.2 Å². The number of halogens is 6. The van der Waals surface area contributed by atoms with Gasteiger partial charge >= 0.3 is 18.4 Å². The van der Waals surface area contributed by atoms with Crippen LogP contribution < -0.4 is 16.0 Å². The lowest BCUT2D eigenvalue weighted by molar-refractivity contribution is -0.143. The molecule has 0 aliphatic carbocycles. The molecule has 1 saturated heterocycles. The third-order valence-electron chi connectivity index (χ3n) is 3.46. The minimum Gasteiger partial charge on any atom is -0.361 e. The summed E-state index contributed by atoms with van der Waals surface area (Å²) in [4.78, 5) is 12.8. The average Bonchev–Trinajstić information content (AvgIpc) is 2.90. The maximum atomic E-state index is 12.8. The van der Waals surface area contributed by atoms with Crippen molar-refractivity contribution in [1.82, 2.24) is 15.5 Å². The first-order valence-corrected chi connectivity index (χ1v) is 7.75. The van der Waals surface area contributed by atoms with Crippen LogP contribution in [0.2, 0.25) is 0 Å². The molecule has 1 aromatic rings. The Balaban J connectivity index is 2.02. The highest BCUT2D eigenvalue weighted by atomic mass is 32.1. The second kappa shape index (κ2) is 7.56. The number of hydrogen-bond donors (Lipinski definition) is 3. The van der Waals surface area contributed by atoms with Crippen molar-refractivity contribution < 1.29 is 31.1 Å². The summed E-state index contributed by atoms with van der Waals surface area (Å²) in [6, 6.07) is 0.862. The maximum absolute atomic E-state index is 12.8. The number of rotatable bonds is 4. The molecule has 0 radical (unpaired) electrons. The number of hydrogen-bond acceptors (Lipinski definition) is 2. The molecule has 144 valence electrons. The number of nitrogens with one attached hydrogen (secondary N) is 3. The van der Waals surface area contributed by atoms with Crippen molar-refractivity contribution in [2.24, 2.45) is 0 Å². The Morgan fingerprint density at radius 2 is 1.69 bits per heavy atom. The summed E-state index contributed by atoms with van der Waals surface area (Å²) in [5.74, 6) is 0. The van der Waals surface area contributed by atoms with Crippen LogP contribution in [-0.2, 0) is 12.4 Å². The number of benzene rings is 1. The van der Waals surface area contributed by atoms with E-state index >= 15 is 0 Å². The van der Waals surface area contributed by atoms with Gasteiger partial charge < -0.3 is 20.9 Å². The predicted octanol–water partition coefficient (Wildman–Crippen LogP) is 3.04. The molecule has 2 rings (SSSR count). The van der Waals surface area contributed by atoms with E-state index in [0.717, 1.165) is 0 Å². The van der Waals surface area contributed by atoms with Crippen molar-refractivity contribution >= 4 is 29.0 Å². The molecule has 12 heteroatoms. The van der Waals surface area contributed by atoms with E-state index in [1.54, 1.807) is 0 Å². The Kier molecular flexibility index (Phi) is 5.84. The molecule has 1 aliphatic rings. The molecule has 1 fully saturated rings. The van der Waals surface area contributed by atoms with Crippen LogP contribution in [0.5, 0.6) is 0 Å². The second-order valence-electron chi connectivity index (χ2n) is 5.39. The second-order valence-corrected chi connectivity index (χ2v) is 5.80. The van der Waals surface area contributed by atoms with Crippen molar-refractivity contribution in [3.63, 3.8) is 0 Å². The smallest absolute Gasteiger partial charge is 0.361 e. The van der Waals surface area contributed by atoms with E-state index < -0.39 is 29.2 Å². The Morgan fingerprint density at radius 3 is 2.15 bits per heavy atom. The van der Waals surface area contributed by atoms with Crippen LogP contribution in [-0.4, -0.2) is 42.2 Å². The maximum Gasteiger partial charge on any atom is 0.416 e. The third-order valence-corrected chi connectivity index (χ3v) is 3.70. The standard InChI is InChI=1S/C14H14F6N4OS/c15-13(16,17)8-5-9(14(18,19)20)7-10(6-8)23-11(26)21-1-3-24-4-2-22-12(24)25/h5-7H,1-4H2,(H,22,25)(H2,21,23,26). The summed E-state index contributed by atoms with van der Waals surface area (Å²) in [6.45, 7) is 1.48. The van der Waals surface area contributed by atoms with Crippen molar-refractivity contribution in [1.29, 1.82) is 0 Å². The highest BCUT2D eigenvalue weighted by Gasteiger charge is 2.37. The van der Waals surface area contributed by atoms with Crippen LogP contribution in [0.3, 0.4) is 0 Å². The third kappa shape index (κ3) is 5.38. The minimum absolute atomic E-state index is 0.0354. The van der Waals surface area contributed by atoms with Gasteiger partial charge in [0.25, 0.3) is 0 Å². The van der Waals surface area contributed by atoms with Crippen LogP contribution in [0.15, 0.2) is 18.2 Å².